The number of ether oxygens (including phenoxy) is 2. The van der Waals surface area contributed by atoms with Crippen molar-refractivity contribution in [1.29, 1.82) is 0 Å². The van der Waals surface area contributed by atoms with Crippen molar-refractivity contribution in [2.75, 3.05) is 38.9 Å². The summed E-state index contributed by atoms with van der Waals surface area (Å²) in [5.74, 6) is 0.665. The Morgan fingerprint density at radius 3 is 2.12 bits per heavy atom. The fourth-order valence-electron chi connectivity index (χ4n) is 1.56. The van der Waals surface area contributed by atoms with Crippen molar-refractivity contribution in [3.8, 4) is 5.75 Å². The van der Waals surface area contributed by atoms with Gasteiger partial charge in [0.05, 0.1) is 12.2 Å². The Hall–Kier alpha value is -1.03. The number of hydrogen-bond donors (Lipinski definition) is 0. The molecule has 0 aliphatic heterocycles. The molecule has 8 nitrogen and oxygen atoms in total. The zero-order valence-corrected chi connectivity index (χ0v) is 17.2. The molecular weight excluding hydrogens is 403 g/mol. The monoisotopic (exact) mass is 424 g/mol. The molecule has 11 heteroatoms. The summed E-state index contributed by atoms with van der Waals surface area (Å²) in [5, 5.41) is 0. The van der Waals surface area contributed by atoms with Crippen LogP contribution in [-0.4, -0.2) is 50.9 Å². The number of phosphoric acid groups is 1. The molecule has 0 amide bonds. The molecule has 0 bridgehead atoms. The minimum Gasteiger partial charge on any atom is -0.461 e. The highest BCUT2D eigenvalue weighted by Crippen LogP contribution is 2.47. The van der Waals surface area contributed by atoms with Gasteiger partial charge in [0.15, 0.2) is 0 Å². The molecule has 1 aromatic carbocycles. The van der Waals surface area contributed by atoms with E-state index in [-0.39, 0.29) is 13.2 Å². The zero-order chi connectivity index (χ0) is 19.4. The lowest BCUT2D eigenvalue weighted by molar-refractivity contribution is -0.131. The molecule has 1 rings (SSSR count). The molecule has 0 unspecified atom stereocenters. The van der Waals surface area contributed by atoms with Crippen molar-refractivity contribution in [3.05, 3.63) is 29.8 Å². The molecule has 26 heavy (non-hydrogen) atoms. The zero-order valence-electron chi connectivity index (χ0n) is 14.7. The molecule has 146 valence electrons. The summed E-state index contributed by atoms with van der Waals surface area (Å²) in [4.78, 5) is 22.7. The molecule has 1 aromatic rings. The van der Waals surface area contributed by atoms with Gasteiger partial charge in [-0.15, -0.1) is 0 Å². The molecular formula is C15H21O8PS2. The molecule has 0 N–H and O–H groups in total. The Morgan fingerprint density at radius 1 is 1.00 bits per heavy atom. The normalized spacial score (nSPS) is 11.2. The van der Waals surface area contributed by atoms with Gasteiger partial charge in [-0.2, -0.15) is 0 Å². The highest BCUT2D eigenvalue weighted by atomic mass is 33.1. The number of benzene rings is 1. The first-order valence-corrected chi connectivity index (χ1v) is 11.4. The smallest absolute Gasteiger partial charge is 0.461 e. The van der Waals surface area contributed by atoms with Gasteiger partial charge >= 0.3 is 19.8 Å². The van der Waals surface area contributed by atoms with Crippen molar-refractivity contribution in [2.45, 2.75) is 6.92 Å². The van der Waals surface area contributed by atoms with Gasteiger partial charge in [0, 0.05) is 32.6 Å². The lowest BCUT2D eigenvalue weighted by atomic mass is 10.2. The largest absolute Gasteiger partial charge is 0.474 e. The third-order valence-corrected chi connectivity index (χ3v) is 6.42. The van der Waals surface area contributed by atoms with Crippen LogP contribution < -0.4 is 4.74 Å². The van der Waals surface area contributed by atoms with Crippen LogP contribution in [0, 0.1) is 0 Å². The van der Waals surface area contributed by atoms with Gasteiger partial charge in [-0.1, -0.05) is 21.6 Å². The summed E-state index contributed by atoms with van der Waals surface area (Å²) in [7, 11) is 2.07. The summed E-state index contributed by atoms with van der Waals surface area (Å²) >= 11 is 0. The summed E-state index contributed by atoms with van der Waals surface area (Å²) in [6.45, 7) is 1.76. The summed E-state index contributed by atoms with van der Waals surface area (Å²) in [5.41, 5.74) is 0.377. The number of carbonyl (C=O) groups is 2. The maximum atomic E-state index is 11.9. The number of esters is 2. The van der Waals surface area contributed by atoms with Gasteiger partial charge in [-0.05, 0) is 24.3 Å². The molecule has 0 fully saturated rings. The molecule has 0 aromatic heterocycles. The van der Waals surface area contributed by atoms with E-state index < -0.39 is 19.8 Å². The van der Waals surface area contributed by atoms with Crippen molar-refractivity contribution < 1.29 is 37.2 Å². The van der Waals surface area contributed by atoms with Crippen molar-refractivity contribution in [1.82, 2.24) is 0 Å². The second-order valence-electron chi connectivity index (χ2n) is 4.54. The van der Waals surface area contributed by atoms with Crippen molar-refractivity contribution in [2.24, 2.45) is 0 Å². The van der Waals surface area contributed by atoms with E-state index >= 15 is 0 Å². The highest BCUT2D eigenvalue weighted by molar-refractivity contribution is 8.76. The number of phosphoric ester groups is 1. The Labute approximate surface area is 160 Å². The molecule has 0 radical (unpaired) electrons. The first kappa shape index (κ1) is 23.0. The lowest BCUT2D eigenvalue weighted by Crippen LogP contribution is -2.08. The minimum atomic E-state index is -3.42. The van der Waals surface area contributed by atoms with E-state index in [0.717, 1.165) is 0 Å². The van der Waals surface area contributed by atoms with E-state index in [1.54, 1.807) is 0 Å². The molecule has 0 spiro atoms. The fourth-order valence-corrected chi connectivity index (χ4v) is 4.01. The minimum absolute atomic E-state index is 0.213. The molecule has 0 aliphatic rings. The second-order valence-corrected chi connectivity index (χ2v) is 9.13. The Bertz CT molecular complexity index is 615. The first-order chi connectivity index (χ1) is 12.4. The summed E-state index contributed by atoms with van der Waals surface area (Å²) in [6.07, 6.45) is 0. The van der Waals surface area contributed by atoms with Crippen LogP contribution in [0.15, 0.2) is 24.3 Å². The second kappa shape index (κ2) is 12.4. The third kappa shape index (κ3) is 9.07. The predicted octanol–water partition coefficient (Wildman–Crippen LogP) is 3.57. The molecule has 0 saturated carbocycles. The van der Waals surface area contributed by atoms with E-state index in [0.29, 0.717) is 22.8 Å². The molecule has 0 heterocycles. The topological polar surface area (TPSA) is 97.4 Å². The van der Waals surface area contributed by atoms with Crippen LogP contribution >= 0.6 is 29.4 Å². The van der Waals surface area contributed by atoms with Crippen LogP contribution in [-0.2, 0) is 27.7 Å². The SMILES string of the molecule is COP(=O)(OC)OCCSSCCOC(=O)c1ccc(OC(C)=O)cc1. The van der Waals surface area contributed by atoms with Crippen LogP contribution in [0.1, 0.15) is 17.3 Å². The first-order valence-electron chi connectivity index (χ1n) is 7.46. The number of hydrogen-bond acceptors (Lipinski definition) is 10. The molecule has 0 atom stereocenters. The van der Waals surface area contributed by atoms with E-state index in [1.807, 2.05) is 0 Å². The predicted molar refractivity (Wildman–Crippen MR) is 101 cm³/mol. The van der Waals surface area contributed by atoms with Gasteiger partial charge in [0.2, 0.25) is 0 Å². The number of carbonyl (C=O) groups excluding carboxylic acids is 2. The van der Waals surface area contributed by atoms with Gasteiger partial charge in [0.1, 0.15) is 12.4 Å². The van der Waals surface area contributed by atoms with Crippen LogP contribution in [0.5, 0.6) is 5.75 Å². The third-order valence-electron chi connectivity index (χ3n) is 2.70. The van der Waals surface area contributed by atoms with E-state index in [9.17, 15) is 14.2 Å². The molecule has 0 saturated heterocycles. The standard InChI is InChI=1S/C15H21O8PS2/c1-12(16)23-14-6-4-13(5-7-14)15(17)21-8-10-25-26-11-9-22-24(18,19-2)20-3/h4-7H,8-11H2,1-3H3. The van der Waals surface area contributed by atoms with Crippen LogP contribution in [0.3, 0.4) is 0 Å². The van der Waals surface area contributed by atoms with Crippen molar-refractivity contribution >= 4 is 41.3 Å². The van der Waals surface area contributed by atoms with Gasteiger partial charge in [-0.3, -0.25) is 18.4 Å². The van der Waals surface area contributed by atoms with Crippen molar-refractivity contribution in [3.63, 3.8) is 0 Å². The Balaban J connectivity index is 2.15. The average Bonchev–Trinajstić information content (AvgIpc) is 2.63. The molecule has 0 aliphatic carbocycles. The summed E-state index contributed by atoms with van der Waals surface area (Å²) < 4.78 is 35.9. The lowest BCUT2D eigenvalue weighted by Gasteiger charge is -2.12. The maximum Gasteiger partial charge on any atom is 0.474 e. The Kier molecular flexibility index (Phi) is 11.0. The quantitative estimate of drug-likeness (QED) is 0.163. The van der Waals surface area contributed by atoms with Crippen LogP contribution in [0.2, 0.25) is 0 Å². The Morgan fingerprint density at radius 2 is 1.58 bits per heavy atom. The van der Waals surface area contributed by atoms with Gasteiger partial charge in [-0.25, -0.2) is 9.36 Å². The van der Waals surface area contributed by atoms with E-state index in [2.05, 4.69) is 9.05 Å². The van der Waals surface area contributed by atoms with Crippen LogP contribution in [0.25, 0.3) is 0 Å². The van der Waals surface area contributed by atoms with Crippen LogP contribution in [0.4, 0.5) is 0 Å². The van der Waals surface area contributed by atoms with Gasteiger partial charge < -0.3 is 9.47 Å². The van der Waals surface area contributed by atoms with E-state index in [1.165, 1.54) is 67.0 Å². The maximum absolute atomic E-state index is 11.9. The van der Waals surface area contributed by atoms with Gasteiger partial charge in [0.25, 0.3) is 0 Å². The summed E-state index contributed by atoms with van der Waals surface area (Å²) in [6, 6.07) is 6.12. The average molecular weight is 424 g/mol. The number of rotatable bonds is 12. The fraction of sp³-hybridized carbons (Fsp3) is 0.467. The van der Waals surface area contributed by atoms with E-state index in [4.69, 9.17) is 14.0 Å². The highest BCUT2D eigenvalue weighted by Gasteiger charge is 2.21.